The van der Waals surface area contributed by atoms with E-state index >= 15 is 0 Å². The molecule has 2 aromatic rings. The van der Waals surface area contributed by atoms with Gasteiger partial charge in [-0.3, -0.25) is 14.5 Å². The van der Waals surface area contributed by atoms with Crippen molar-refractivity contribution < 1.29 is 9.59 Å². The fourth-order valence-electron chi connectivity index (χ4n) is 4.28. The monoisotopic (exact) mass is 439 g/mol. The van der Waals surface area contributed by atoms with Crippen LogP contribution < -0.4 is 4.90 Å². The van der Waals surface area contributed by atoms with Gasteiger partial charge in [-0.25, -0.2) is 0 Å². The zero-order chi connectivity index (χ0) is 20.8. The highest BCUT2D eigenvalue weighted by Crippen LogP contribution is 2.46. The number of aromatic nitrogens is 2. The highest BCUT2D eigenvalue weighted by atomic mass is 32.2. The van der Waals surface area contributed by atoms with E-state index in [4.69, 9.17) is 0 Å². The third-order valence-corrected chi connectivity index (χ3v) is 7.53. The van der Waals surface area contributed by atoms with Crippen molar-refractivity contribution in [2.24, 2.45) is 4.99 Å². The number of anilines is 1. The summed E-state index contributed by atoms with van der Waals surface area (Å²) in [4.78, 5) is 35.2. The van der Waals surface area contributed by atoms with E-state index in [9.17, 15) is 9.59 Å². The van der Waals surface area contributed by atoms with Crippen LogP contribution in [-0.4, -0.2) is 45.2 Å². The molecule has 0 unspecified atom stereocenters. The number of amides is 2. The molecule has 0 bridgehead atoms. The number of fused-ring (bicyclic) bond motifs is 1. The van der Waals surface area contributed by atoms with Gasteiger partial charge >= 0.3 is 0 Å². The Bertz CT molecular complexity index is 1100. The van der Waals surface area contributed by atoms with Gasteiger partial charge in [-0.05, 0) is 37.6 Å². The minimum atomic E-state index is -0.149. The van der Waals surface area contributed by atoms with Crippen molar-refractivity contribution >= 4 is 56.5 Å². The maximum atomic E-state index is 13.6. The fourth-order valence-corrected chi connectivity index (χ4v) is 6.03. The number of carbonyl (C=O) groups is 2. The lowest BCUT2D eigenvalue weighted by Gasteiger charge is -2.30. The SMILES string of the molecule is Cc1nnc(/N=C2/S/C(=C3\C(=O)N(C)c4ccccc43)C(=O)N2C2CCCCC2)s1. The maximum Gasteiger partial charge on any atom is 0.267 e. The standard InChI is InChI=1S/C21H21N5O2S2/c1-12-23-24-20(29-12)22-21-26(13-8-4-3-5-9-13)19(28)17(30-21)16-14-10-6-7-11-15(14)25(2)18(16)27/h6-7,10-11,13H,3-5,8-9H2,1-2H3/b17-16-,22-21+. The van der Waals surface area contributed by atoms with Crippen molar-refractivity contribution in [1.82, 2.24) is 15.1 Å². The summed E-state index contributed by atoms with van der Waals surface area (Å²) in [5.74, 6) is -0.274. The summed E-state index contributed by atoms with van der Waals surface area (Å²) >= 11 is 2.68. The summed E-state index contributed by atoms with van der Waals surface area (Å²) in [5.41, 5.74) is 2.10. The van der Waals surface area contributed by atoms with Crippen LogP contribution in [0.3, 0.4) is 0 Å². The van der Waals surface area contributed by atoms with Gasteiger partial charge in [-0.1, -0.05) is 48.8 Å². The number of aryl methyl sites for hydroxylation is 1. The van der Waals surface area contributed by atoms with Crippen LogP contribution in [0.1, 0.15) is 42.7 Å². The van der Waals surface area contributed by atoms with Crippen LogP contribution in [0.25, 0.3) is 5.57 Å². The first kappa shape index (κ1) is 19.4. The number of nitrogens with zero attached hydrogens (tertiary/aromatic N) is 5. The summed E-state index contributed by atoms with van der Waals surface area (Å²) in [5, 5.41) is 10.1. The predicted molar refractivity (Wildman–Crippen MR) is 120 cm³/mol. The van der Waals surface area contributed by atoms with E-state index in [2.05, 4.69) is 15.2 Å². The van der Waals surface area contributed by atoms with E-state index < -0.39 is 0 Å². The molecule has 1 saturated carbocycles. The average Bonchev–Trinajstić information content (AvgIpc) is 3.38. The number of thioether (sulfide) groups is 1. The minimum Gasteiger partial charge on any atom is -0.311 e. The van der Waals surface area contributed by atoms with E-state index in [-0.39, 0.29) is 17.9 Å². The molecule has 30 heavy (non-hydrogen) atoms. The number of aliphatic imine (C=N–C) groups is 1. The summed E-state index contributed by atoms with van der Waals surface area (Å²) in [6.45, 7) is 1.88. The molecule has 0 radical (unpaired) electrons. The van der Waals surface area contributed by atoms with Gasteiger partial charge in [0.1, 0.15) is 5.01 Å². The molecular weight excluding hydrogens is 418 g/mol. The Kier molecular flexibility index (Phi) is 4.94. The first-order valence-electron chi connectivity index (χ1n) is 10.1. The van der Waals surface area contributed by atoms with Gasteiger partial charge in [0.05, 0.1) is 16.2 Å². The Hall–Kier alpha value is -2.52. The molecule has 2 aliphatic heterocycles. The first-order valence-corrected chi connectivity index (χ1v) is 11.7. The van der Waals surface area contributed by atoms with Crippen LogP contribution in [0.5, 0.6) is 0 Å². The van der Waals surface area contributed by atoms with Gasteiger partial charge < -0.3 is 4.90 Å². The van der Waals surface area contributed by atoms with E-state index in [0.717, 1.165) is 41.9 Å². The molecular formula is C21H21N5O2S2. The number of hydrogen-bond donors (Lipinski definition) is 0. The normalized spacial score (nSPS) is 23.7. The molecule has 0 N–H and O–H groups in total. The van der Waals surface area contributed by atoms with Crippen molar-refractivity contribution in [3.8, 4) is 0 Å². The number of rotatable bonds is 2. The van der Waals surface area contributed by atoms with Gasteiger partial charge in [-0.2, -0.15) is 4.99 Å². The molecule has 0 spiro atoms. The van der Waals surface area contributed by atoms with Crippen molar-refractivity contribution in [1.29, 1.82) is 0 Å². The van der Waals surface area contributed by atoms with E-state index in [1.807, 2.05) is 31.2 Å². The quantitative estimate of drug-likeness (QED) is 0.658. The van der Waals surface area contributed by atoms with Gasteiger partial charge in [0, 0.05) is 18.7 Å². The number of benzene rings is 1. The zero-order valence-corrected chi connectivity index (χ0v) is 18.4. The third kappa shape index (κ3) is 3.16. The Balaban J connectivity index is 1.63. The van der Waals surface area contributed by atoms with Crippen LogP contribution in [0, 0.1) is 6.92 Å². The highest BCUT2D eigenvalue weighted by Gasteiger charge is 2.44. The van der Waals surface area contributed by atoms with Gasteiger partial charge in [-0.15, -0.1) is 10.2 Å². The molecule has 1 saturated heterocycles. The second-order valence-corrected chi connectivity index (χ2v) is 9.79. The van der Waals surface area contributed by atoms with Crippen LogP contribution >= 0.6 is 23.1 Å². The van der Waals surface area contributed by atoms with Gasteiger partial charge in [0.2, 0.25) is 5.13 Å². The van der Waals surface area contributed by atoms with Crippen molar-refractivity contribution in [2.75, 3.05) is 11.9 Å². The van der Waals surface area contributed by atoms with E-state index in [1.54, 1.807) is 16.8 Å². The molecule has 154 valence electrons. The van der Waals surface area contributed by atoms with Crippen molar-refractivity contribution in [2.45, 2.75) is 45.1 Å². The van der Waals surface area contributed by atoms with Crippen LogP contribution in [0.4, 0.5) is 10.8 Å². The minimum absolute atomic E-state index is 0.106. The molecule has 7 nitrogen and oxygen atoms in total. The molecule has 2 amide bonds. The molecule has 5 rings (SSSR count). The summed E-state index contributed by atoms with van der Waals surface area (Å²) < 4.78 is 0. The Morgan fingerprint density at radius 2 is 1.83 bits per heavy atom. The van der Waals surface area contributed by atoms with Crippen molar-refractivity contribution in [3.05, 3.63) is 39.7 Å². The topological polar surface area (TPSA) is 78.8 Å². The summed E-state index contributed by atoms with van der Waals surface area (Å²) in [6.07, 6.45) is 5.29. The molecule has 3 aliphatic rings. The highest BCUT2D eigenvalue weighted by molar-refractivity contribution is 8.18. The van der Waals surface area contributed by atoms with E-state index in [1.165, 1.54) is 29.5 Å². The summed E-state index contributed by atoms with van der Waals surface area (Å²) in [6, 6.07) is 7.71. The number of hydrogen-bond acceptors (Lipinski definition) is 7. The Morgan fingerprint density at radius 1 is 1.07 bits per heavy atom. The number of amidine groups is 1. The molecule has 3 heterocycles. The van der Waals surface area contributed by atoms with Crippen LogP contribution in [-0.2, 0) is 9.59 Å². The largest absolute Gasteiger partial charge is 0.311 e. The second kappa shape index (κ2) is 7.63. The molecule has 1 aliphatic carbocycles. The van der Waals surface area contributed by atoms with Gasteiger partial charge in [0.25, 0.3) is 11.8 Å². The lowest BCUT2D eigenvalue weighted by atomic mass is 9.94. The second-order valence-electron chi connectivity index (χ2n) is 7.65. The third-order valence-electron chi connectivity index (χ3n) is 5.74. The lowest BCUT2D eigenvalue weighted by Crippen LogP contribution is -2.40. The molecule has 1 aromatic carbocycles. The fraction of sp³-hybridized carbons (Fsp3) is 0.381. The average molecular weight is 440 g/mol. The smallest absolute Gasteiger partial charge is 0.267 e. The number of para-hydroxylation sites is 1. The van der Waals surface area contributed by atoms with E-state index in [0.29, 0.717) is 20.8 Å². The number of carbonyl (C=O) groups excluding carboxylic acids is 2. The van der Waals surface area contributed by atoms with Crippen molar-refractivity contribution in [3.63, 3.8) is 0 Å². The predicted octanol–water partition coefficient (Wildman–Crippen LogP) is 4.13. The maximum absolute atomic E-state index is 13.6. The molecule has 2 fully saturated rings. The lowest BCUT2D eigenvalue weighted by molar-refractivity contribution is -0.124. The first-order chi connectivity index (χ1) is 14.5. The Morgan fingerprint density at radius 3 is 2.57 bits per heavy atom. The summed E-state index contributed by atoms with van der Waals surface area (Å²) in [7, 11) is 1.75. The van der Waals surface area contributed by atoms with Crippen LogP contribution in [0.2, 0.25) is 0 Å². The zero-order valence-electron chi connectivity index (χ0n) is 16.8. The molecule has 0 atom stereocenters. The van der Waals surface area contributed by atoms with Gasteiger partial charge in [0.15, 0.2) is 5.17 Å². The van der Waals surface area contributed by atoms with Crippen LogP contribution in [0.15, 0.2) is 34.2 Å². The Labute approximate surface area is 182 Å². The number of likely N-dealkylation sites (N-methyl/N-ethyl adjacent to an activating group) is 1. The molecule has 9 heteroatoms. The molecule has 1 aromatic heterocycles.